The van der Waals surface area contributed by atoms with Crippen LogP contribution in [0.4, 0.5) is 19.0 Å². The van der Waals surface area contributed by atoms with E-state index >= 15 is 0 Å². The van der Waals surface area contributed by atoms with Gasteiger partial charge >= 0.3 is 6.18 Å². The number of nitrogens with one attached hydrogen (secondary N) is 2. The number of hydrogen-bond acceptors (Lipinski definition) is 7. The lowest BCUT2D eigenvalue weighted by Crippen LogP contribution is -2.38. The van der Waals surface area contributed by atoms with Gasteiger partial charge in [0, 0.05) is 37.4 Å². The van der Waals surface area contributed by atoms with Crippen molar-refractivity contribution in [3.8, 4) is 10.4 Å². The highest BCUT2D eigenvalue weighted by Gasteiger charge is 2.38. The lowest BCUT2D eigenvalue weighted by atomic mass is 9.97. The molecule has 2 amide bonds. The van der Waals surface area contributed by atoms with Gasteiger partial charge in [0.05, 0.1) is 16.0 Å². The summed E-state index contributed by atoms with van der Waals surface area (Å²) in [5.41, 5.74) is -2.90. The van der Waals surface area contributed by atoms with Crippen molar-refractivity contribution in [1.82, 2.24) is 20.2 Å². The second-order valence-corrected chi connectivity index (χ2v) is 12.2. The molecule has 0 aliphatic carbocycles. The number of alkyl halides is 3. The van der Waals surface area contributed by atoms with E-state index in [0.29, 0.717) is 24.4 Å². The zero-order valence-electron chi connectivity index (χ0n) is 21.9. The van der Waals surface area contributed by atoms with E-state index < -0.39 is 29.2 Å². The molecular formula is C25H34F3N5O3S. The molecule has 0 radical (unpaired) electrons. The Balaban J connectivity index is 2.10. The molecule has 1 aliphatic rings. The first-order chi connectivity index (χ1) is 17.0. The Morgan fingerprint density at radius 2 is 1.86 bits per heavy atom. The van der Waals surface area contributed by atoms with Gasteiger partial charge in [-0.2, -0.15) is 13.2 Å². The third kappa shape index (κ3) is 7.41. The fraction of sp³-hybridized carbons (Fsp3) is 0.600. The summed E-state index contributed by atoms with van der Waals surface area (Å²) >= 11 is 0.701. The van der Waals surface area contributed by atoms with Crippen LogP contribution in [0.25, 0.3) is 10.4 Å². The van der Waals surface area contributed by atoms with Gasteiger partial charge in [-0.15, -0.1) is 11.3 Å². The molecule has 1 unspecified atom stereocenters. The van der Waals surface area contributed by atoms with E-state index in [9.17, 15) is 27.9 Å². The summed E-state index contributed by atoms with van der Waals surface area (Å²) in [6.45, 7) is 11.5. The summed E-state index contributed by atoms with van der Waals surface area (Å²) in [5.74, 6) is -1.16. The van der Waals surface area contributed by atoms with Crippen molar-refractivity contribution in [2.75, 3.05) is 25.0 Å². The topological polar surface area (TPSA) is 107 Å². The van der Waals surface area contributed by atoms with Gasteiger partial charge in [-0.3, -0.25) is 9.59 Å². The molecule has 1 atom stereocenters. The van der Waals surface area contributed by atoms with Gasteiger partial charge in [0.2, 0.25) is 0 Å². The normalized spacial score (nSPS) is 16.7. The molecule has 1 aliphatic heterocycles. The van der Waals surface area contributed by atoms with Crippen LogP contribution in [0.15, 0.2) is 12.3 Å². The van der Waals surface area contributed by atoms with Gasteiger partial charge in [-0.25, -0.2) is 9.97 Å². The first-order valence-electron chi connectivity index (χ1n) is 12.1. The molecule has 0 saturated carbocycles. The number of carbonyl (C=O) groups excluding carboxylic acids is 2. The average molecular weight is 542 g/mol. The number of rotatable bonds is 7. The summed E-state index contributed by atoms with van der Waals surface area (Å²) in [5, 5.41) is 15.2. The van der Waals surface area contributed by atoms with Crippen LogP contribution >= 0.6 is 11.3 Å². The lowest BCUT2D eigenvalue weighted by molar-refractivity contribution is -0.137. The number of nitrogens with zero attached hydrogens (tertiary/aromatic N) is 3. The molecule has 12 heteroatoms. The Bertz CT molecular complexity index is 1150. The summed E-state index contributed by atoms with van der Waals surface area (Å²) in [6.07, 6.45) is -2.13. The van der Waals surface area contributed by atoms with Crippen LogP contribution < -0.4 is 10.6 Å². The summed E-state index contributed by atoms with van der Waals surface area (Å²) < 4.78 is 42.7. The number of aromatic nitrogens is 2. The third-order valence-corrected chi connectivity index (χ3v) is 6.86. The van der Waals surface area contributed by atoms with Crippen molar-refractivity contribution in [1.29, 1.82) is 0 Å². The molecule has 204 valence electrons. The van der Waals surface area contributed by atoms with E-state index in [1.54, 1.807) is 4.90 Å². The Hall–Kier alpha value is -2.73. The van der Waals surface area contributed by atoms with Crippen LogP contribution in [0.5, 0.6) is 0 Å². The highest BCUT2D eigenvalue weighted by atomic mass is 32.1. The highest BCUT2D eigenvalue weighted by Crippen LogP contribution is 2.42. The predicted molar refractivity (Wildman–Crippen MR) is 137 cm³/mol. The van der Waals surface area contributed by atoms with Gasteiger partial charge in [0.1, 0.15) is 11.5 Å². The van der Waals surface area contributed by atoms with Gasteiger partial charge < -0.3 is 20.6 Å². The molecule has 2 aromatic rings. The number of pyridine rings is 1. The third-order valence-electron chi connectivity index (χ3n) is 5.77. The van der Waals surface area contributed by atoms with Gasteiger partial charge in [0.15, 0.2) is 5.01 Å². The zero-order chi connectivity index (χ0) is 27.8. The number of amides is 2. The standard InChI is InChI=1S/C25H34F3N5O3S/c1-14-8-7-9-33(14)22(35)18-19(37-21(32-18)20(34)31-13-24(5,6)36)15-11-29-17(30-12-23(2,3)4)10-16(15)25(26,27)28/h10-11,14,36H,7-9,12-13H2,1-6H3,(H,29,30)(H,31,34). The molecule has 1 saturated heterocycles. The number of carbonyl (C=O) groups is 2. The fourth-order valence-corrected chi connectivity index (χ4v) is 4.81. The van der Waals surface area contributed by atoms with Gasteiger partial charge in [-0.1, -0.05) is 20.8 Å². The molecule has 3 rings (SSSR count). The number of thiazole rings is 1. The number of anilines is 1. The van der Waals surface area contributed by atoms with Crippen molar-refractivity contribution in [3.05, 3.63) is 28.5 Å². The highest BCUT2D eigenvalue weighted by molar-refractivity contribution is 7.17. The molecule has 0 spiro atoms. The van der Waals surface area contributed by atoms with Crippen LogP contribution in [-0.2, 0) is 6.18 Å². The average Bonchev–Trinajstić information content (AvgIpc) is 3.40. The molecule has 8 nitrogen and oxygen atoms in total. The largest absolute Gasteiger partial charge is 0.417 e. The molecule has 1 fully saturated rings. The zero-order valence-corrected chi connectivity index (χ0v) is 22.7. The van der Waals surface area contributed by atoms with Crippen LogP contribution in [-0.4, -0.2) is 63.1 Å². The second kappa shape index (κ2) is 10.6. The maximum absolute atomic E-state index is 14.2. The maximum atomic E-state index is 14.2. The number of hydrogen-bond donors (Lipinski definition) is 3. The first-order valence-corrected chi connectivity index (χ1v) is 12.9. The smallest absolute Gasteiger partial charge is 0.389 e. The minimum atomic E-state index is -4.75. The summed E-state index contributed by atoms with van der Waals surface area (Å²) in [6, 6.07) is 0.820. The van der Waals surface area contributed by atoms with Crippen molar-refractivity contribution in [2.45, 2.75) is 72.2 Å². The van der Waals surface area contributed by atoms with E-state index in [4.69, 9.17) is 0 Å². The van der Waals surface area contributed by atoms with Crippen molar-refractivity contribution < 1.29 is 27.9 Å². The van der Waals surface area contributed by atoms with E-state index in [2.05, 4.69) is 20.6 Å². The second-order valence-electron chi connectivity index (χ2n) is 11.2. The number of likely N-dealkylation sites (tertiary alicyclic amines) is 1. The van der Waals surface area contributed by atoms with Crippen LogP contribution in [0.2, 0.25) is 0 Å². The fourth-order valence-electron chi connectivity index (χ4n) is 3.81. The Labute approximate surface area is 218 Å². The molecule has 0 aromatic carbocycles. The monoisotopic (exact) mass is 541 g/mol. The Morgan fingerprint density at radius 1 is 1.19 bits per heavy atom. The van der Waals surface area contributed by atoms with Crippen LogP contribution in [0.3, 0.4) is 0 Å². The van der Waals surface area contributed by atoms with Crippen molar-refractivity contribution >= 4 is 29.0 Å². The molecule has 2 aromatic heterocycles. The van der Waals surface area contributed by atoms with Crippen LogP contribution in [0, 0.1) is 5.41 Å². The van der Waals surface area contributed by atoms with Gasteiger partial charge in [0.25, 0.3) is 11.8 Å². The number of aliphatic hydroxyl groups is 1. The molecule has 37 heavy (non-hydrogen) atoms. The molecule has 3 N–H and O–H groups in total. The van der Waals surface area contributed by atoms with Gasteiger partial charge in [-0.05, 0) is 45.1 Å². The minimum Gasteiger partial charge on any atom is -0.389 e. The number of halogens is 3. The summed E-state index contributed by atoms with van der Waals surface area (Å²) in [4.78, 5) is 36.1. The Morgan fingerprint density at radius 3 is 2.41 bits per heavy atom. The van der Waals surface area contributed by atoms with E-state index in [1.165, 1.54) is 13.8 Å². The van der Waals surface area contributed by atoms with Crippen molar-refractivity contribution in [3.63, 3.8) is 0 Å². The SMILES string of the molecule is CC1CCCN1C(=O)c1nc(C(=O)NCC(C)(C)O)sc1-c1cnc(NCC(C)(C)C)cc1C(F)(F)F. The predicted octanol–water partition coefficient (Wildman–Crippen LogP) is 4.81. The molecular weight excluding hydrogens is 507 g/mol. The Kier molecular flexibility index (Phi) is 8.23. The van der Waals surface area contributed by atoms with Crippen molar-refractivity contribution in [2.24, 2.45) is 5.41 Å². The summed E-state index contributed by atoms with van der Waals surface area (Å²) in [7, 11) is 0. The molecule has 3 heterocycles. The minimum absolute atomic E-state index is 0.0553. The first kappa shape index (κ1) is 28.8. The van der Waals surface area contributed by atoms with Crippen LogP contribution in [0.1, 0.15) is 80.2 Å². The maximum Gasteiger partial charge on any atom is 0.417 e. The van der Waals surface area contributed by atoms with E-state index in [0.717, 1.165) is 25.1 Å². The lowest BCUT2D eigenvalue weighted by Gasteiger charge is -2.22. The molecule has 0 bridgehead atoms. The quantitative estimate of drug-likeness (QED) is 0.465. The van der Waals surface area contributed by atoms with E-state index in [1.807, 2.05) is 27.7 Å². The van der Waals surface area contributed by atoms with E-state index in [-0.39, 0.29) is 45.0 Å².